The fourth-order valence-electron chi connectivity index (χ4n) is 3.37. The summed E-state index contributed by atoms with van der Waals surface area (Å²) in [5.74, 6) is 3.16. The van der Waals surface area contributed by atoms with E-state index in [1.165, 1.54) is 18.5 Å². The van der Waals surface area contributed by atoms with Gasteiger partial charge in [-0.25, -0.2) is 0 Å². The van der Waals surface area contributed by atoms with Crippen LogP contribution in [0.15, 0.2) is 40.9 Å². The maximum atomic E-state index is 5.16. The number of hydrogen-bond donors (Lipinski definition) is 0. The zero-order chi connectivity index (χ0) is 13.5. The van der Waals surface area contributed by atoms with Gasteiger partial charge >= 0.3 is 0 Å². The highest BCUT2D eigenvalue weighted by Gasteiger charge is 2.41. The zero-order valence-electron chi connectivity index (χ0n) is 11.8. The summed E-state index contributed by atoms with van der Waals surface area (Å²) in [6.07, 6.45) is 1.36. The minimum Gasteiger partial charge on any atom is -0.361 e. The van der Waals surface area contributed by atoms with Gasteiger partial charge in [-0.1, -0.05) is 35.5 Å². The van der Waals surface area contributed by atoms with Crippen LogP contribution < -0.4 is 0 Å². The Labute approximate surface area is 119 Å². The Kier molecular flexibility index (Phi) is 2.88. The predicted octanol–water partition coefficient (Wildman–Crippen LogP) is 3.19. The van der Waals surface area contributed by atoms with Gasteiger partial charge in [0.2, 0.25) is 0 Å². The van der Waals surface area contributed by atoms with Crippen molar-refractivity contribution in [3.05, 3.63) is 53.4 Å². The minimum atomic E-state index is 0.585. The lowest BCUT2D eigenvalue weighted by Gasteiger charge is -2.38. The average Bonchev–Trinajstić information content (AvgIpc) is 3.08. The molecule has 2 atom stereocenters. The van der Waals surface area contributed by atoms with Crippen LogP contribution >= 0.6 is 0 Å². The van der Waals surface area contributed by atoms with Crippen LogP contribution in [0.25, 0.3) is 0 Å². The number of aryl methyl sites for hydroxylation is 1. The summed E-state index contributed by atoms with van der Waals surface area (Å²) in [4.78, 5) is 2.56. The molecule has 3 nitrogen and oxygen atoms in total. The molecule has 2 aromatic rings. The standard InChI is InChI=1S/C17H20N2O/c1-12-7-17(18-20-12)15-10-19(11-15)9-14-8-16(14)13-5-3-2-4-6-13/h2-7,14-16H,8-11H2,1H3/t14-,16-/m0/s1. The Morgan fingerprint density at radius 3 is 2.75 bits per heavy atom. The summed E-state index contributed by atoms with van der Waals surface area (Å²) in [6, 6.07) is 13.0. The van der Waals surface area contributed by atoms with Crippen molar-refractivity contribution in [2.45, 2.75) is 25.2 Å². The number of nitrogens with zero attached hydrogens (tertiary/aromatic N) is 2. The summed E-state index contributed by atoms with van der Waals surface area (Å²) >= 11 is 0. The van der Waals surface area contributed by atoms with E-state index in [1.807, 2.05) is 6.92 Å². The summed E-state index contributed by atoms with van der Waals surface area (Å²) in [5, 5.41) is 4.13. The molecule has 1 aliphatic heterocycles. The molecule has 0 amide bonds. The third kappa shape index (κ3) is 2.27. The maximum absolute atomic E-state index is 5.16. The van der Waals surface area contributed by atoms with Crippen molar-refractivity contribution in [1.82, 2.24) is 10.1 Å². The molecule has 0 radical (unpaired) electrons. The van der Waals surface area contributed by atoms with Gasteiger partial charge in [0.05, 0.1) is 5.69 Å². The second kappa shape index (κ2) is 4.74. The zero-order valence-corrected chi connectivity index (χ0v) is 11.8. The van der Waals surface area contributed by atoms with Crippen molar-refractivity contribution in [3.8, 4) is 0 Å². The van der Waals surface area contributed by atoms with E-state index in [4.69, 9.17) is 4.52 Å². The first-order chi connectivity index (χ1) is 9.79. The number of benzene rings is 1. The molecule has 20 heavy (non-hydrogen) atoms. The Balaban J connectivity index is 1.27. The molecular weight excluding hydrogens is 248 g/mol. The van der Waals surface area contributed by atoms with Crippen LogP contribution in [0.4, 0.5) is 0 Å². The van der Waals surface area contributed by atoms with Crippen molar-refractivity contribution in [1.29, 1.82) is 0 Å². The third-order valence-electron chi connectivity index (χ3n) is 4.66. The Hall–Kier alpha value is -1.61. The van der Waals surface area contributed by atoms with Crippen LogP contribution in [0.5, 0.6) is 0 Å². The van der Waals surface area contributed by atoms with Crippen LogP contribution in [0, 0.1) is 12.8 Å². The van der Waals surface area contributed by atoms with Crippen LogP contribution in [0.1, 0.15) is 35.3 Å². The quantitative estimate of drug-likeness (QED) is 0.853. The highest BCUT2D eigenvalue weighted by Crippen LogP contribution is 2.48. The molecule has 1 aromatic carbocycles. The molecule has 1 saturated heterocycles. The lowest BCUT2D eigenvalue weighted by molar-refractivity contribution is 0.136. The smallest absolute Gasteiger partial charge is 0.133 e. The normalized spacial score (nSPS) is 26.4. The summed E-state index contributed by atoms with van der Waals surface area (Å²) in [5.41, 5.74) is 2.65. The van der Waals surface area contributed by atoms with Crippen molar-refractivity contribution < 1.29 is 4.52 Å². The summed E-state index contributed by atoms with van der Waals surface area (Å²) < 4.78 is 5.16. The second-order valence-corrected chi connectivity index (χ2v) is 6.29. The molecule has 3 heteroatoms. The van der Waals surface area contributed by atoms with Gasteiger partial charge in [-0.2, -0.15) is 0 Å². The van der Waals surface area contributed by atoms with E-state index in [2.05, 4.69) is 46.5 Å². The van der Waals surface area contributed by atoms with Crippen molar-refractivity contribution in [2.75, 3.05) is 19.6 Å². The van der Waals surface area contributed by atoms with Gasteiger partial charge < -0.3 is 9.42 Å². The molecule has 104 valence electrons. The molecule has 0 spiro atoms. The van der Waals surface area contributed by atoms with E-state index in [9.17, 15) is 0 Å². The Morgan fingerprint density at radius 1 is 1.25 bits per heavy atom. The van der Waals surface area contributed by atoms with Crippen LogP contribution in [-0.4, -0.2) is 29.7 Å². The molecule has 0 N–H and O–H groups in total. The first-order valence-electron chi connectivity index (χ1n) is 7.50. The molecule has 4 rings (SSSR count). The van der Waals surface area contributed by atoms with Gasteiger partial charge in [0.25, 0.3) is 0 Å². The first-order valence-corrected chi connectivity index (χ1v) is 7.50. The summed E-state index contributed by atoms with van der Waals surface area (Å²) in [6.45, 7) is 5.49. The van der Waals surface area contributed by atoms with Crippen LogP contribution in [0.3, 0.4) is 0 Å². The van der Waals surface area contributed by atoms with Gasteiger partial charge in [-0.3, -0.25) is 0 Å². The topological polar surface area (TPSA) is 29.3 Å². The van der Waals surface area contributed by atoms with Crippen molar-refractivity contribution in [2.24, 2.45) is 5.92 Å². The molecule has 0 unspecified atom stereocenters. The Bertz CT molecular complexity index is 586. The van der Waals surface area contributed by atoms with E-state index in [0.717, 1.165) is 36.4 Å². The number of hydrogen-bond acceptors (Lipinski definition) is 3. The minimum absolute atomic E-state index is 0.585. The van der Waals surface area contributed by atoms with Gasteiger partial charge in [-0.05, 0) is 30.7 Å². The van der Waals surface area contributed by atoms with E-state index < -0.39 is 0 Å². The summed E-state index contributed by atoms with van der Waals surface area (Å²) in [7, 11) is 0. The highest BCUT2D eigenvalue weighted by molar-refractivity contribution is 5.26. The van der Waals surface area contributed by atoms with Crippen molar-refractivity contribution >= 4 is 0 Å². The highest BCUT2D eigenvalue weighted by atomic mass is 16.5. The lowest BCUT2D eigenvalue weighted by atomic mass is 9.95. The van der Waals surface area contributed by atoms with Gasteiger partial charge in [-0.15, -0.1) is 0 Å². The molecule has 1 aliphatic carbocycles. The molecule has 2 heterocycles. The number of rotatable bonds is 4. The predicted molar refractivity (Wildman–Crippen MR) is 77.7 cm³/mol. The Morgan fingerprint density at radius 2 is 2.05 bits per heavy atom. The average molecular weight is 268 g/mol. The molecule has 1 aromatic heterocycles. The number of likely N-dealkylation sites (tertiary alicyclic amines) is 1. The van der Waals surface area contributed by atoms with E-state index in [1.54, 1.807) is 0 Å². The molecule has 1 saturated carbocycles. The van der Waals surface area contributed by atoms with Crippen molar-refractivity contribution in [3.63, 3.8) is 0 Å². The largest absolute Gasteiger partial charge is 0.361 e. The van der Waals surface area contributed by atoms with Crippen LogP contribution in [-0.2, 0) is 0 Å². The lowest BCUT2D eigenvalue weighted by Crippen LogP contribution is -2.46. The molecule has 2 aliphatic rings. The van der Waals surface area contributed by atoms with Crippen LogP contribution in [0.2, 0.25) is 0 Å². The van der Waals surface area contributed by atoms with E-state index in [-0.39, 0.29) is 0 Å². The third-order valence-corrected chi connectivity index (χ3v) is 4.66. The second-order valence-electron chi connectivity index (χ2n) is 6.29. The van der Waals surface area contributed by atoms with Gasteiger partial charge in [0, 0.05) is 31.6 Å². The first kappa shape index (κ1) is 12.2. The van der Waals surface area contributed by atoms with E-state index in [0.29, 0.717) is 5.92 Å². The van der Waals surface area contributed by atoms with Gasteiger partial charge in [0.1, 0.15) is 5.76 Å². The number of aromatic nitrogens is 1. The molecule has 2 fully saturated rings. The van der Waals surface area contributed by atoms with E-state index >= 15 is 0 Å². The maximum Gasteiger partial charge on any atom is 0.133 e. The molecular formula is C17H20N2O. The molecule has 0 bridgehead atoms. The SMILES string of the molecule is Cc1cc(C2CN(C[C@@H]3C[C@H]3c3ccccc3)C2)no1. The van der Waals surface area contributed by atoms with Gasteiger partial charge in [0.15, 0.2) is 0 Å². The fraction of sp³-hybridized carbons (Fsp3) is 0.471. The monoisotopic (exact) mass is 268 g/mol. The fourth-order valence-corrected chi connectivity index (χ4v) is 3.37.